The lowest BCUT2D eigenvalue weighted by molar-refractivity contribution is 0.0635. The highest BCUT2D eigenvalue weighted by atomic mass is 35.5. The van der Waals surface area contributed by atoms with Crippen LogP contribution in [0.4, 0.5) is 10.5 Å². The number of rotatable bonds is 4. The van der Waals surface area contributed by atoms with Crippen molar-refractivity contribution < 1.29 is 27.8 Å². The molecule has 2 rings (SSSR count). The molecule has 152 valence electrons. The zero-order valence-electron chi connectivity index (χ0n) is 16.1. The third-order valence-corrected chi connectivity index (χ3v) is 7.69. The first kappa shape index (κ1) is 21.8. The van der Waals surface area contributed by atoms with Gasteiger partial charge in [-0.2, -0.15) is 0 Å². The number of aromatic hydroxyl groups is 1. The molecular formula is C18H26ClNO6S. The Bertz CT molecular complexity index is 823. The Labute approximate surface area is 164 Å². The van der Waals surface area contributed by atoms with Crippen LogP contribution in [0.25, 0.3) is 0 Å². The zero-order chi connectivity index (χ0) is 20.6. The van der Waals surface area contributed by atoms with Gasteiger partial charge < -0.3 is 14.6 Å². The van der Waals surface area contributed by atoms with E-state index < -0.39 is 36.9 Å². The summed E-state index contributed by atoms with van der Waals surface area (Å²) in [5.74, 6) is -0.846. The number of anilines is 1. The predicted octanol–water partition coefficient (Wildman–Crippen LogP) is 3.98. The molecule has 2 N–H and O–H groups in total. The van der Waals surface area contributed by atoms with Crippen molar-refractivity contribution in [2.75, 3.05) is 18.5 Å². The Morgan fingerprint density at radius 1 is 1.30 bits per heavy atom. The highest BCUT2D eigenvalue weighted by Crippen LogP contribution is 2.44. The fourth-order valence-electron chi connectivity index (χ4n) is 2.88. The molecular weight excluding hydrogens is 394 g/mol. The number of hydrogen-bond donors (Lipinski definition) is 2. The van der Waals surface area contributed by atoms with Crippen LogP contribution in [-0.2, 0) is 19.3 Å². The minimum atomic E-state index is -4.03. The first-order valence-corrected chi connectivity index (χ1v) is 10.5. The summed E-state index contributed by atoms with van der Waals surface area (Å²) in [6.07, 6.45) is -0.215. The molecule has 0 saturated carbocycles. The lowest BCUT2D eigenvalue weighted by atomic mass is 9.94. The molecule has 0 aliphatic carbocycles. The topological polar surface area (TPSA) is 102 Å². The Balaban J connectivity index is 2.43. The number of halogens is 1. The van der Waals surface area contributed by atoms with Crippen molar-refractivity contribution in [3.05, 3.63) is 17.2 Å². The second-order valence-corrected chi connectivity index (χ2v) is 10.9. The van der Waals surface area contributed by atoms with E-state index in [1.807, 2.05) is 0 Å². The van der Waals surface area contributed by atoms with Crippen LogP contribution < -0.4 is 5.32 Å². The van der Waals surface area contributed by atoms with Gasteiger partial charge in [-0.3, -0.25) is 5.32 Å². The van der Waals surface area contributed by atoms with Crippen molar-refractivity contribution in [2.45, 2.75) is 56.3 Å². The number of carbonyl (C=O) groups excluding carboxylic acids is 1. The lowest BCUT2D eigenvalue weighted by Gasteiger charge is -2.31. The molecule has 1 amide bonds. The number of phenols is 1. The molecule has 1 aromatic rings. The van der Waals surface area contributed by atoms with Crippen LogP contribution in [-0.4, -0.2) is 43.2 Å². The molecule has 1 atom stereocenters. The number of sulfone groups is 1. The fraction of sp³-hybridized carbons (Fsp3) is 0.611. The van der Waals surface area contributed by atoms with Crippen LogP contribution >= 0.6 is 11.6 Å². The number of benzene rings is 1. The van der Waals surface area contributed by atoms with Crippen molar-refractivity contribution in [2.24, 2.45) is 5.92 Å². The highest BCUT2D eigenvalue weighted by Gasteiger charge is 2.46. The molecule has 0 unspecified atom stereocenters. The van der Waals surface area contributed by atoms with E-state index in [0.717, 1.165) is 0 Å². The van der Waals surface area contributed by atoms with Gasteiger partial charge >= 0.3 is 6.09 Å². The van der Waals surface area contributed by atoms with Crippen molar-refractivity contribution >= 4 is 33.2 Å². The van der Waals surface area contributed by atoms with Gasteiger partial charge in [0.1, 0.15) is 10.5 Å². The fourth-order valence-corrected chi connectivity index (χ4v) is 5.18. The molecule has 0 aromatic heterocycles. The number of amides is 1. The summed E-state index contributed by atoms with van der Waals surface area (Å²) in [5.41, 5.74) is -0.836. The molecule has 0 radical (unpaired) electrons. The SMILES string of the molecule is CC(C)(C)OC(=O)Nc1ccc(Cl)c(S(=O)(=O)C(C)(C)[C@H]2CCOC2)c1O. The number of nitrogens with one attached hydrogen (secondary N) is 1. The van der Waals surface area contributed by atoms with Gasteiger partial charge in [-0.25, -0.2) is 13.2 Å². The maximum Gasteiger partial charge on any atom is 0.412 e. The molecule has 0 spiro atoms. The van der Waals surface area contributed by atoms with Gasteiger partial charge in [0.2, 0.25) is 0 Å². The molecule has 0 bridgehead atoms. The minimum Gasteiger partial charge on any atom is -0.504 e. The summed E-state index contributed by atoms with van der Waals surface area (Å²) >= 11 is 6.13. The van der Waals surface area contributed by atoms with E-state index >= 15 is 0 Å². The molecule has 7 nitrogen and oxygen atoms in total. The summed E-state index contributed by atoms with van der Waals surface area (Å²) in [5, 5.41) is 12.8. The van der Waals surface area contributed by atoms with E-state index in [4.69, 9.17) is 21.1 Å². The van der Waals surface area contributed by atoms with Gasteiger partial charge in [-0.15, -0.1) is 0 Å². The van der Waals surface area contributed by atoms with E-state index in [9.17, 15) is 18.3 Å². The molecule has 1 aromatic carbocycles. The number of phenolic OH excluding ortho intramolecular Hbond substituents is 1. The third-order valence-electron chi connectivity index (χ3n) is 4.59. The number of carbonyl (C=O) groups is 1. The molecule has 1 aliphatic heterocycles. The maximum absolute atomic E-state index is 13.3. The van der Waals surface area contributed by atoms with Crippen LogP contribution in [0.15, 0.2) is 17.0 Å². The van der Waals surface area contributed by atoms with Crippen molar-refractivity contribution in [1.29, 1.82) is 0 Å². The lowest BCUT2D eigenvalue weighted by Crippen LogP contribution is -2.40. The second kappa shape index (κ2) is 7.48. The van der Waals surface area contributed by atoms with Crippen LogP contribution in [0.5, 0.6) is 5.75 Å². The average Bonchev–Trinajstić information content (AvgIpc) is 3.03. The van der Waals surface area contributed by atoms with E-state index in [-0.39, 0.29) is 16.6 Å². The standard InChI is InChI=1S/C18H26ClNO6S/c1-17(2,3)26-16(22)20-13-7-6-12(19)15(14(13)21)27(23,24)18(4,5)11-8-9-25-10-11/h6-7,11,21H,8-10H2,1-5H3,(H,20,22)/t11-/m0/s1. The normalized spacial score (nSPS) is 18.4. The first-order chi connectivity index (χ1) is 12.3. The number of hydrogen-bond acceptors (Lipinski definition) is 6. The van der Waals surface area contributed by atoms with Crippen LogP contribution in [0.3, 0.4) is 0 Å². The van der Waals surface area contributed by atoms with E-state index in [1.54, 1.807) is 34.6 Å². The summed E-state index contributed by atoms with van der Waals surface area (Å²) < 4.78 is 35.9. The minimum absolute atomic E-state index is 0.0919. The monoisotopic (exact) mass is 419 g/mol. The smallest absolute Gasteiger partial charge is 0.412 e. The Hall–Kier alpha value is -1.51. The second-order valence-electron chi connectivity index (χ2n) is 8.07. The van der Waals surface area contributed by atoms with Gasteiger partial charge in [0.05, 0.1) is 22.1 Å². The summed E-state index contributed by atoms with van der Waals surface area (Å²) in [6.45, 7) is 9.06. The van der Waals surface area contributed by atoms with Gasteiger partial charge in [0, 0.05) is 12.5 Å². The zero-order valence-corrected chi connectivity index (χ0v) is 17.7. The molecule has 1 aliphatic rings. The predicted molar refractivity (Wildman–Crippen MR) is 103 cm³/mol. The Morgan fingerprint density at radius 2 is 1.93 bits per heavy atom. The van der Waals surface area contributed by atoms with Crippen molar-refractivity contribution in [3.63, 3.8) is 0 Å². The van der Waals surface area contributed by atoms with Crippen molar-refractivity contribution in [1.82, 2.24) is 0 Å². The highest BCUT2D eigenvalue weighted by molar-refractivity contribution is 7.93. The number of ether oxygens (including phenoxy) is 2. The van der Waals surface area contributed by atoms with Crippen molar-refractivity contribution in [3.8, 4) is 5.75 Å². The largest absolute Gasteiger partial charge is 0.504 e. The summed E-state index contributed by atoms with van der Waals surface area (Å²) in [4.78, 5) is 11.6. The summed E-state index contributed by atoms with van der Waals surface area (Å²) in [7, 11) is -4.03. The Morgan fingerprint density at radius 3 is 2.44 bits per heavy atom. The van der Waals surface area contributed by atoms with Crippen LogP contribution in [0.1, 0.15) is 41.0 Å². The van der Waals surface area contributed by atoms with E-state index in [1.165, 1.54) is 12.1 Å². The summed E-state index contributed by atoms with van der Waals surface area (Å²) in [6, 6.07) is 2.65. The molecule has 1 saturated heterocycles. The van der Waals surface area contributed by atoms with Gasteiger partial charge in [0.25, 0.3) is 0 Å². The van der Waals surface area contributed by atoms with E-state index in [0.29, 0.717) is 19.6 Å². The maximum atomic E-state index is 13.3. The molecule has 1 fully saturated rings. The van der Waals surface area contributed by atoms with Crippen LogP contribution in [0.2, 0.25) is 5.02 Å². The molecule has 9 heteroatoms. The quantitative estimate of drug-likeness (QED) is 0.715. The van der Waals surface area contributed by atoms with E-state index in [2.05, 4.69) is 5.32 Å². The average molecular weight is 420 g/mol. The first-order valence-electron chi connectivity index (χ1n) is 8.61. The van der Waals surface area contributed by atoms with Gasteiger partial charge in [-0.05, 0) is 53.2 Å². The third kappa shape index (κ3) is 4.50. The van der Waals surface area contributed by atoms with Gasteiger partial charge in [0.15, 0.2) is 15.6 Å². The van der Waals surface area contributed by atoms with Crippen LogP contribution in [0, 0.1) is 5.92 Å². The Kier molecular flexibility index (Phi) is 6.04. The van der Waals surface area contributed by atoms with Gasteiger partial charge in [-0.1, -0.05) is 11.6 Å². The molecule has 1 heterocycles. The molecule has 27 heavy (non-hydrogen) atoms.